The van der Waals surface area contributed by atoms with Crippen LogP contribution in [0.1, 0.15) is 19.3 Å². The molecule has 0 amide bonds. The Labute approximate surface area is 128 Å². The number of methoxy groups -OCH3 is 1. The number of aryl methyl sites for hydroxylation is 1. The lowest BCUT2D eigenvalue weighted by Crippen LogP contribution is -2.46. The minimum absolute atomic E-state index is 0.183. The molecule has 1 aliphatic rings. The van der Waals surface area contributed by atoms with Gasteiger partial charge in [0.25, 0.3) is 5.56 Å². The normalized spacial score (nSPS) is 18.5. The molecule has 0 spiro atoms. The van der Waals surface area contributed by atoms with E-state index in [4.69, 9.17) is 4.74 Å². The lowest BCUT2D eigenvalue weighted by Gasteiger charge is -2.24. The Balaban J connectivity index is 2.16. The Kier molecular flexibility index (Phi) is 4.02. The zero-order valence-electron chi connectivity index (χ0n) is 13.0. The summed E-state index contributed by atoms with van der Waals surface area (Å²) in [6.45, 7) is 1.36. The average Bonchev–Trinajstić information content (AvgIpc) is 2.57. The molecule has 3 rings (SSSR count). The van der Waals surface area contributed by atoms with Crippen LogP contribution in [0.5, 0.6) is 5.75 Å². The number of benzene rings is 1. The van der Waals surface area contributed by atoms with E-state index in [0.29, 0.717) is 23.2 Å². The van der Waals surface area contributed by atoms with Crippen LogP contribution in [0.4, 0.5) is 0 Å². The Morgan fingerprint density at radius 2 is 2.14 bits per heavy atom. The number of nitrogens with zero attached hydrogens (tertiary/aromatic N) is 2. The lowest BCUT2D eigenvalue weighted by atomic mass is 10.1. The molecule has 6 heteroatoms. The van der Waals surface area contributed by atoms with Crippen molar-refractivity contribution in [1.29, 1.82) is 0 Å². The molecule has 118 valence electrons. The van der Waals surface area contributed by atoms with Crippen LogP contribution in [-0.4, -0.2) is 28.8 Å². The smallest absolute Gasteiger partial charge is 0.331 e. The number of piperidine rings is 1. The molecular formula is C16H21N3O3. The fourth-order valence-corrected chi connectivity index (χ4v) is 3.18. The lowest BCUT2D eigenvalue weighted by molar-refractivity contribution is 0.353. The molecule has 6 nitrogen and oxygen atoms in total. The van der Waals surface area contributed by atoms with Crippen molar-refractivity contribution in [2.75, 3.05) is 13.7 Å². The fourth-order valence-electron chi connectivity index (χ4n) is 3.18. The van der Waals surface area contributed by atoms with Crippen LogP contribution in [0.15, 0.2) is 27.8 Å². The molecule has 1 aromatic carbocycles. The Morgan fingerprint density at radius 3 is 2.82 bits per heavy atom. The molecule has 0 aliphatic carbocycles. The molecule has 1 aromatic heterocycles. The van der Waals surface area contributed by atoms with Crippen LogP contribution < -0.4 is 21.3 Å². The maximum atomic E-state index is 12.7. The molecule has 1 atom stereocenters. The highest BCUT2D eigenvalue weighted by atomic mass is 16.5. The zero-order chi connectivity index (χ0) is 15.7. The van der Waals surface area contributed by atoms with Gasteiger partial charge in [-0.1, -0.05) is 12.5 Å². The van der Waals surface area contributed by atoms with Gasteiger partial charge in [-0.05, 0) is 31.5 Å². The Hall–Kier alpha value is -2.08. The van der Waals surface area contributed by atoms with Crippen molar-refractivity contribution in [3.05, 3.63) is 39.0 Å². The Bertz CT molecular complexity index is 801. The predicted molar refractivity (Wildman–Crippen MR) is 85.6 cm³/mol. The van der Waals surface area contributed by atoms with Gasteiger partial charge in [-0.15, -0.1) is 0 Å². The molecule has 2 aromatic rings. The van der Waals surface area contributed by atoms with Gasteiger partial charge in [0.15, 0.2) is 0 Å². The number of para-hydroxylation sites is 1. The third-order valence-corrected chi connectivity index (χ3v) is 4.36. The van der Waals surface area contributed by atoms with Gasteiger partial charge < -0.3 is 10.1 Å². The average molecular weight is 303 g/mol. The maximum Gasteiger partial charge on any atom is 0.331 e. The number of nitrogens with one attached hydrogen (secondary N) is 1. The van der Waals surface area contributed by atoms with Crippen LogP contribution in [0, 0.1) is 0 Å². The summed E-state index contributed by atoms with van der Waals surface area (Å²) in [5, 5.41) is 3.89. The van der Waals surface area contributed by atoms with E-state index in [-0.39, 0.29) is 17.3 Å². The van der Waals surface area contributed by atoms with E-state index in [1.165, 1.54) is 16.2 Å². The van der Waals surface area contributed by atoms with Crippen molar-refractivity contribution in [2.24, 2.45) is 7.05 Å². The molecule has 1 fully saturated rings. The van der Waals surface area contributed by atoms with Crippen molar-refractivity contribution in [3.63, 3.8) is 0 Å². The highest BCUT2D eigenvalue weighted by Gasteiger charge is 2.18. The third kappa shape index (κ3) is 2.43. The second kappa shape index (κ2) is 5.96. The van der Waals surface area contributed by atoms with Gasteiger partial charge >= 0.3 is 5.69 Å². The first-order valence-electron chi connectivity index (χ1n) is 7.63. The maximum absolute atomic E-state index is 12.7. The largest absolute Gasteiger partial charge is 0.495 e. The van der Waals surface area contributed by atoms with Crippen molar-refractivity contribution in [2.45, 2.75) is 31.8 Å². The summed E-state index contributed by atoms with van der Waals surface area (Å²) in [5.74, 6) is 0.539. The first kappa shape index (κ1) is 14.8. The number of fused-ring (bicyclic) bond motifs is 1. The van der Waals surface area contributed by atoms with Crippen LogP contribution in [0.3, 0.4) is 0 Å². The number of rotatable bonds is 3. The van der Waals surface area contributed by atoms with E-state index in [9.17, 15) is 9.59 Å². The van der Waals surface area contributed by atoms with Gasteiger partial charge in [-0.3, -0.25) is 13.9 Å². The number of aromatic nitrogens is 2. The molecule has 22 heavy (non-hydrogen) atoms. The van der Waals surface area contributed by atoms with E-state index >= 15 is 0 Å². The van der Waals surface area contributed by atoms with Crippen molar-refractivity contribution < 1.29 is 4.74 Å². The quantitative estimate of drug-likeness (QED) is 0.913. The number of hydrogen-bond acceptors (Lipinski definition) is 4. The van der Waals surface area contributed by atoms with Crippen molar-refractivity contribution in [1.82, 2.24) is 14.5 Å². The summed E-state index contributed by atoms with van der Waals surface area (Å²) in [5.41, 5.74) is 0.00611. The molecular weight excluding hydrogens is 282 g/mol. The number of hydrogen-bond donors (Lipinski definition) is 1. The summed E-state index contributed by atoms with van der Waals surface area (Å²) >= 11 is 0. The predicted octanol–water partition coefficient (Wildman–Crippen LogP) is 0.851. The monoisotopic (exact) mass is 303 g/mol. The molecule has 2 heterocycles. The first-order chi connectivity index (χ1) is 10.6. The van der Waals surface area contributed by atoms with Crippen LogP contribution in [0.2, 0.25) is 0 Å². The standard InChI is InChI=1S/C16H21N3O3/c1-18-14-12(7-5-8-13(14)22-2)15(20)19(16(18)21)10-11-6-3-4-9-17-11/h5,7-8,11,17H,3-4,6,9-10H2,1-2H3. The number of ether oxygens (including phenoxy) is 1. The highest BCUT2D eigenvalue weighted by Crippen LogP contribution is 2.21. The van der Waals surface area contributed by atoms with Crippen LogP contribution in [-0.2, 0) is 13.6 Å². The molecule has 1 saturated heterocycles. The highest BCUT2D eigenvalue weighted by molar-refractivity contribution is 5.84. The van der Waals surface area contributed by atoms with E-state index in [0.717, 1.165) is 25.8 Å². The second-order valence-electron chi connectivity index (χ2n) is 5.76. The van der Waals surface area contributed by atoms with E-state index < -0.39 is 0 Å². The van der Waals surface area contributed by atoms with Crippen LogP contribution in [0.25, 0.3) is 10.9 Å². The minimum Gasteiger partial charge on any atom is -0.495 e. The molecule has 0 saturated carbocycles. The summed E-state index contributed by atoms with van der Waals surface area (Å²) in [7, 11) is 3.22. The van der Waals surface area contributed by atoms with Gasteiger partial charge in [0, 0.05) is 19.6 Å². The Morgan fingerprint density at radius 1 is 1.32 bits per heavy atom. The molecule has 1 unspecified atom stereocenters. The van der Waals surface area contributed by atoms with Gasteiger partial charge in [-0.2, -0.15) is 0 Å². The topological polar surface area (TPSA) is 65.3 Å². The third-order valence-electron chi connectivity index (χ3n) is 4.36. The SMILES string of the molecule is COc1cccc2c(=O)n(CC3CCCCN3)c(=O)n(C)c12. The molecule has 1 N–H and O–H groups in total. The summed E-state index contributed by atoms with van der Waals surface area (Å²) < 4.78 is 8.12. The molecule has 0 bridgehead atoms. The van der Waals surface area contributed by atoms with Gasteiger partial charge in [0.2, 0.25) is 0 Å². The summed E-state index contributed by atoms with van der Waals surface area (Å²) in [6.07, 6.45) is 3.28. The van der Waals surface area contributed by atoms with Crippen molar-refractivity contribution >= 4 is 10.9 Å². The summed E-state index contributed by atoms with van der Waals surface area (Å²) in [4.78, 5) is 25.3. The van der Waals surface area contributed by atoms with Gasteiger partial charge in [0.1, 0.15) is 11.3 Å². The second-order valence-corrected chi connectivity index (χ2v) is 5.76. The van der Waals surface area contributed by atoms with Crippen molar-refractivity contribution in [3.8, 4) is 5.75 Å². The first-order valence-corrected chi connectivity index (χ1v) is 7.63. The fraction of sp³-hybridized carbons (Fsp3) is 0.500. The zero-order valence-corrected chi connectivity index (χ0v) is 13.0. The van der Waals surface area contributed by atoms with Gasteiger partial charge in [0.05, 0.1) is 12.5 Å². The molecule has 0 radical (unpaired) electrons. The molecule has 1 aliphatic heterocycles. The van der Waals surface area contributed by atoms with Crippen LogP contribution >= 0.6 is 0 Å². The summed E-state index contributed by atoms with van der Waals surface area (Å²) in [6, 6.07) is 5.46. The minimum atomic E-state index is -0.297. The van der Waals surface area contributed by atoms with Gasteiger partial charge in [-0.25, -0.2) is 4.79 Å². The van der Waals surface area contributed by atoms with E-state index in [1.54, 1.807) is 25.2 Å². The van der Waals surface area contributed by atoms with E-state index in [2.05, 4.69) is 5.32 Å². The van der Waals surface area contributed by atoms with E-state index in [1.807, 2.05) is 0 Å².